The molecule has 0 unspecified atom stereocenters. The minimum atomic E-state index is 1.21. The Kier molecular flexibility index (Phi) is 2.69. The summed E-state index contributed by atoms with van der Waals surface area (Å²) in [6.45, 7) is 10.2. The van der Waals surface area contributed by atoms with Crippen molar-refractivity contribution in [3.63, 3.8) is 0 Å². The molecule has 2 rings (SSSR count). The highest BCUT2D eigenvalue weighted by atomic mass is 15.0. The van der Waals surface area contributed by atoms with E-state index in [0.717, 1.165) is 0 Å². The second kappa shape index (κ2) is 4.01. The Morgan fingerprint density at radius 2 is 1.69 bits per heavy atom. The van der Waals surface area contributed by atoms with Gasteiger partial charge in [-0.3, -0.25) is 0 Å². The summed E-state index contributed by atoms with van der Waals surface area (Å²) in [4.78, 5) is 0. The number of hydrogen-bond acceptors (Lipinski definition) is 0. The predicted octanol–water partition coefficient (Wildman–Crippen LogP) is 4.05. The van der Waals surface area contributed by atoms with E-state index < -0.39 is 0 Å². The number of rotatable bonds is 2. The van der Waals surface area contributed by atoms with Gasteiger partial charge in [-0.05, 0) is 44.5 Å². The lowest BCUT2D eigenvalue weighted by molar-refractivity contribution is 0.963. The monoisotopic (exact) mass is 211 g/mol. The fraction of sp³-hybridized carbons (Fsp3) is 0.200. The summed E-state index contributed by atoms with van der Waals surface area (Å²) in [5.41, 5.74) is 6.20. The molecule has 1 heterocycles. The van der Waals surface area contributed by atoms with Gasteiger partial charge in [0.25, 0.3) is 0 Å². The molecule has 0 aliphatic heterocycles. The van der Waals surface area contributed by atoms with Gasteiger partial charge in [-0.1, -0.05) is 30.4 Å². The van der Waals surface area contributed by atoms with Crippen LogP contribution in [0.25, 0.3) is 11.8 Å². The quantitative estimate of drug-likeness (QED) is 0.706. The Balaban J connectivity index is 2.59. The van der Waals surface area contributed by atoms with Crippen molar-refractivity contribution in [2.75, 3.05) is 0 Å². The Morgan fingerprint density at radius 3 is 2.19 bits per heavy atom. The van der Waals surface area contributed by atoms with Crippen molar-refractivity contribution in [2.45, 2.75) is 20.8 Å². The van der Waals surface area contributed by atoms with Crippen molar-refractivity contribution in [3.8, 4) is 5.69 Å². The second-order valence-corrected chi connectivity index (χ2v) is 4.20. The van der Waals surface area contributed by atoms with E-state index >= 15 is 0 Å². The first-order valence-electron chi connectivity index (χ1n) is 5.52. The first-order chi connectivity index (χ1) is 7.63. The third-order valence-electron chi connectivity index (χ3n) is 2.98. The molecule has 0 atom stereocenters. The molecular formula is C15H17N. The largest absolute Gasteiger partial charge is 0.318 e. The summed E-state index contributed by atoms with van der Waals surface area (Å²) in [7, 11) is 0. The molecular weight excluding hydrogens is 194 g/mol. The molecule has 0 radical (unpaired) electrons. The highest BCUT2D eigenvalue weighted by Gasteiger charge is 2.07. The van der Waals surface area contributed by atoms with Crippen LogP contribution in [-0.4, -0.2) is 4.57 Å². The average molecular weight is 211 g/mol. The lowest BCUT2D eigenvalue weighted by Crippen LogP contribution is -1.98. The molecule has 0 saturated heterocycles. The molecule has 0 aliphatic rings. The van der Waals surface area contributed by atoms with Crippen molar-refractivity contribution in [1.82, 2.24) is 4.57 Å². The van der Waals surface area contributed by atoms with E-state index in [9.17, 15) is 0 Å². The van der Waals surface area contributed by atoms with Crippen LogP contribution in [0.2, 0.25) is 0 Å². The third-order valence-corrected chi connectivity index (χ3v) is 2.98. The average Bonchev–Trinajstić information content (AvgIpc) is 2.56. The smallest absolute Gasteiger partial charge is 0.0455 e. The zero-order valence-electron chi connectivity index (χ0n) is 10.1. The summed E-state index contributed by atoms with van der Waals surface area (Å²) in [6, 6.07) is 10.8. The second-order valence-electron chi connectivity index (χ2n) is 4.20. The van der Waals surface area contributed by atoms with E-state index in [1.807, 2.05) is 6.08 Å². The molecule has 0 fully saturated rings. The van der Waals surface area contributed by atoms with Crippen LogP contribution < -0.4 is 0 Å². The van der Waals surface area contributed by atoms with Crippen molar-refractivity contribution in [1.29, 1.82) is 0 Å². The van der Waals surface area contributed by atoms with Gasteiger partial charge in [0.05, 0.1) is 0 Å². The Morgan fingerprint density at radius 1 is 1.06 bits per heavy atom. The number of benzene rings is 1. The van der Waals surface area contributed by atoms with Crippen LogP contribution in [-0.2, 0) is 0 Å². The minimum Gasteiger partial charge on any atom is -0.318 e. The van der Waals surface area contributed by atoms with Crippen molar-refractivity contribution in [2.24, 2.45) is 0 Å². The fourth-order valence-corrected chi connectivity index (χ4v) is 2.09. The predicted molar refractivity (Wildman–Crippen MR) is 70.1 cm³/mol. The van der Waals surface area contributed by atoms with Crippen LogP contribution in [0, 0.1) is 20.8 Å². The van der Waals surface area contributed by atoms with Gasteiger partial charge in [-0.15, -0.1) is 0 Å². The number of nitrogens with zero attached hydrogens (tertiary/aromatic N) is 1. The Labute approximate surface area is 97.0 Å². The molecule has 0 aliphatic carbocycles. The van der Waals surface area contributed by atoms with E-state index in [4.69, 9.17) is 0 Å². The molecule has 1 heteroatoms. The Hall–Kier alpha value is -1.76. The highest BCUT2D eigenvalue weighted by molar-refractivity contribution is 5.54. The summed E-state index contributed by atoms with van der Waals surface area (Å²) < 4.78 is 2.26. The number of aryl methyl sites for hydroxylation is 2. The van der Waals surface area contributed by atoms with Crippen molar-refractivity contribution < 1.29 is 0 Å². The maximum atomic E-state index is 3.84. The van der Waals surface area contributed by atoms with Gasteiger partial charge in [-0.25, -0.2) is 0 Å². The summed E-state index contributed by atoms with van der Waals surface area (Å²) >= 11 is 0. The number of hydrogen-bond donors (Lipinski definition) is 0. The van der Waals surface area contributed by atoms with Crippen LogP contribution in [0.15, 0.2) is 36.9 Å². The third kappa shape index (κ3) is 1.69. The van der Waals surface area contributed by atoms with Gasteiger partial charge in [0, 0.05) is 17.1 Å². The fourth-order valence-electron chi connectivity index (χ4n) is 2.09. The molecule has 1 nitrogen and oxygen atoms in total. The van der Waals surface area contributed by atoms with Crippen LogP contribution in [0.1, 0.15) is 22.5 Å². The lowest BCUT2D eigenvalue weighted by atomic mass is 10.2. The van der Waals surface area contributed by atoms with Crippen LogP contribution in [0.3, 0.4) is 0 Å². The zero-order chi connectivity index (χ0) is 11.7. The zero-order valence-corrected chi connectivity index (χ0v) is 10.1. The maximum absolute atomic E-state index is 3.84. The molecule has 0 N–H and O–H groups in total. The van der Waals surface area contributed by atoms with Crippen LogP contribution in [0.5, 0.6) is 0 Å². The van der Waals surface area contributed by atoms with Crippen molar-refractivity contribution >= 4 is 6.08 Å². The standard InChI is InChI=1S/C15H17N/c1-5-14-10-12(3)16(13(14)4)15-8-6-11(2)7-9-15/h5-10H,1H2,2-4H3. The van der Waals surface area contributed by atoms with E-state index in [1.165, 1.54) is 28.2 Å². The first kappa shape index (κ1) is 10.7. The number of aromatic nitrogens is 1. The van der Waals surface area contributed by atoms with E-state index in [-0.39, 0.29) is 0 Å². The van der Waals surface area contributed by atoms with E-state index in [1.54, 1.807) is 0 Å². The molecule has 1 aromatic heterocycles. The summed E-state index contributed by atoms with van der Waals surface area (Å²) in [6.07, 6.45) is 1.91. The van der Waals surface area contributed by atoms with Gasteiger partial charge in [-0.2, -0.15) is 0 Å². The molecule has 82 valence electrons. The summed E-state index contributed by atoms with van der Waals surface area (Å²) in [5, 5.41) is 0. The molecule has 1 aromatic carbocycles. The minimum absolute atomic E-state index is 1.21. The van der Waals surface area contributed by atoms with Gasteiger partial charge in [0.1, 0.15) is 0 Å². The molecule has 0 saturated carbocycles. The summed E-state index contributed by atoms with van der Waals surface area (Å²) in [5.74, 6) is 0. The van der Waals surface area contributed by atoms with Gasteiger partial charge in [0.15, 0.2) is 0 Å². The highest BCUT2D eigenvalue weighted by Crippen LogP contribution is 2.21. The van der Waals surface area contributed by atoms with E-state index in [0.29, 0.717) is 0 Å². The van der Waals surface area contributed by atoms with E-state index in [2.05, 4.69) is 62.2 Å². The van der Waals surface area contributed by atoms with Gasteiger partial charge in [0.2, 0.25) is 0 Å². The van der Waals surface area contributed by atoms with Gasteiger partial charge < -0.3 is 4.57 Å². The first-order valence-corrected chi connectivity index (χ1v) is 5.52. The molecule has 2 aromatic rings. The van der Waals surface area contributed by atoms with Crippen LogP contribution in [0.4, 0.5) is 0 Å². The molecule has 16 heavy (non-hydrogen) atoms. The molecule has 0 bridgehead atoms. The topological polar surface area (TPSA) is 4.93 Å². The van der Waals surface area contributed by atoms with Gasteiger partial charge >= 0.3 is 0 Å². The van der Waals surface area contributed by atoms with Crippen molar-refractivity contribution in [3.05, 3.63) is 59.4 Å². The Bertz CT molecular complexity index is 515. The molecule has 0 amide bonds. The normalized spacial score (nSPS) is 10.4. The lowest BCUT2D eigenvalue weighted by Gasteiger charge is -2.09. The maximum Gasteiger partial charge on any atom is 0.0455 e. The SMILES string of the molecule is C=Cc1cc(C)n(-c2ccc(C)cc2)c1C. The van der Waals surface area contributed by atoms with Crippen LogP contribution >= 0.6 is 0 Å². The molecule has 0 spiro atoms.